The minimum Gasteiger partial charge on any atom is -0.393 e. The Morgan fingerprint density at radius 2 is 1.85 bits per heavy atom. The van der Waals surface area contributed by atoms with Crippen LogP contribution in [-0.4, -0.2) is 59.1 Å². The molecule has 3 rings (SSSR count). The number of hydrogen-bond donors (Lipinski definition) is 1. The molecular formula is C16H28N2O2. The Labute approximate surface area is 122 Å². The average molecular weight is 280 g/mol. The van der Waals surface area contributed by atoms with Gasteiger partial charge in [0.15, 0.2) is 0 Å². The Kier molecular flexibility index (Phi) is 4.61. The van der Waals surface area contributed by atoms with E-state index in [9.17, 15) is 9.90 Å². The molecule has 2 saturated heterocycles. The van der Waals surface area contributed by atoms with Gasteiger partial charge in [-0.05, 0) is 38.6 Å². The fourth-order valence-corrected chi connectivity index (χ4v) is 4.39. The summed E-state index contributed by atoms with van der Waals surface area (Å²) in [5, 5.41) is 10.3. The van der Waals surface area contributed by atoms with E-state index in [-0.39, 0.29) is 6.10 Å². The smallest absolute Gasteiger partial charge is 0.222 e. The van der Waals surface area contributed by atoms with Crippen LogP contribution in [0.2, 0.25) is 0 Å². The van der Waals surface area contributed by atoms with Crippen molar-refractivity contribution < 1.29 is 9.90 Å². The van der Waals surface area contributed by atoms with Crippen molar-refractivity contribution in [1.82, 2.24) is 9.80 Å². The molecule has 20 heavy (non-hydrogen) atoms. The van der Waals surface area contributed by atoms with E-state index in [0.717, 1.165) is 45.4 Å². The molecule has 0 spiro atoms. The lowest BCUT2D eigenvalue weighted by atomic mass is 9.80. The molecule has 0 bridgehead atoms. The van der Waals surface area contributed by atoms with E-state index in [2.05, 4.69) is 4.90 Å². The van der Waals surface area contributed by atoms with Crippen LogP contribution in [0, 0.1) is 5.92 Å². The lowest BCUT2D eigenvalue weighted by molar-refractivity contribution is -0.128. The fraction of sp³-hybridized carbons (Fsp3) is 0.938. The highest BCUT2D eigenvalue weighted by Gasteiger charge is 2.36. The van der Waals surface area contributed by atoms with Gasteiger partial charge in [-0.1, -0.05) is 12.8 Å². The van der Waals surface area contributed by atoms with Crippen LogP contribution in [0.25, 0.3) is 0 Å². The number of nitrogens with zero attached hydrogens (tertiary/aromatic N) is 2. The molecular weight excluding hydrogens is 252 g/mol. The first-order chi connectivity index (χ1) is 9.75. The van der Waals surface area contributed by atoms with Crippen LogP contribution in [-0.2, 0) is 4.79 Å². The van der Waals surface area contributed by atoms with Crippen molar-refractivity contribution in [3.05, 3.63) is 0 Å². The number of hydrogen-bond acceptors (Lipinski definition) is 3. The van der Waals surface area contributed by atoms with Crippen molar-refractivity contribution in [3.8, 4) is 0 Å². The fourth-order valence-electron chi connectivity index (χ4n) is 4.39. The SMILES string of the molecule is O=C1CCCN1CCN1CCC[C@@H]1[C@H]1CCCC[C@@H]1O. The number of carbonyl (C=O) groups excluding carboxylic acids is 1. The van der Waals surface area contributed by atoms with Gasteiger partial charge in [0.2, 0.25) is 5.91 Å². The Hall–Kier alpha value is -0.610. The molecule has 3 atom stereocenters. The van der Waals surface area contributed by atoms with Gasteiger partial charge < -0.3 is 10.0 Å². The second kappa shape index (κ2) is 6.44. The lowest BCUT2D eigenvalue weighted by Gasteiger charge is -2.37. The maximum absolute atomic E-state index is 11.7. The van der Waals surface area contributed by atoms with Crippen LogP contribution in [0.5, 0.6) is 0 Å². The van der Waals surface area contributed by atoms with Crippen LogP contribution in [0.3, 0.4) is 0 Å². The number of amides is 1. The zero-order chi connectivity index (χ0) is 13.9. The van der Waals surface area contributed by atoms with E-state index in [1.807, 2.05) is 4.90 Å². The molecule has 1 N–H and O–H groups in total. The molecule has 4 heteroatoms. The Morgan fingerprint density at radius 3 is 2.60 bits per heavy atom. The van der Waals surface area contributed by atoms with E-state index in [4.69, 9.17) is 0 Å². The summed E-state index contributed by atoms with van der Waals surface area (Å²) in [4.78, 5) is 16.2. The zero-order valence-corrected chi connectivity index (χ0v) is 12.5. The van der Waals surface area contributed by atoms with E-state index >= 15 is 0 Å². The average Bonchev–Trinajstić information content (AvgIpc) is 3.06. The van der Waals surface area contributed by atoms with Crippen LogP contribution in [0.15, 0.2) is 0 Å². The first-order valence-electron chi connectivity index (χ1n) is 8.45. The van der Waals surface area contributed by atoms with Gasteiger partial charge in [0.25, 0.3) is 0 Å². The summed E-state index contributed by atoms with van der Waals surface area (Å²) in [7, 11) is 0. The minimum absolute atomic E-state index is 0.0947. The predicted octanol–water partition coefficient (Wildman–Crippen LogP) is 1.62. The molecule has 1 saturated carbocycles. The molecule has 2 heterocycles. The molecule has 0 aromatic carbocycles. The highest BCUT2D eigenvalue weighted by molar-refractivity contribution is 5.78. The highest BCUT2D eigenvalue weighted by atomic mass is 16.3. The Morgan fingerprint density at radius 1 is 1.00 bits per heavy atom. The second-order valence-electron chi connectivity index (χ2n) is 6.75. The summed E-state index contributed by atoms with van der Waals surface area (Å²) in [5.41, 5.74) is 0. The van der Waals surface area contributed by atoms with Crippen LogP contribution in [0.4, 0.5) is 0 Å². The molecule has 2 aliphatic heterocycles. The zero-order valence-electron chi connectivity index (χ0n) is 12.5. The predicted molar refractivity (Wildman–Crippen MR) is 78.4 cm³/mol. The van der Waals surface area contributed by atoms with E-state index in [1.54, 1.807) is 0 Å². The summed E-state index contributed by atoms with van der Waals surface area (Å²) in [6.45, 7) is 3.98. The van der Waals surface area contributed by atoms with Crippen molar-refractivity contribution in [2.45, 2.75) is 63.5 Å². The normalized spacial score (nSPS) is 36.0. The van der Waals surface area contributed by atoms with E-state index < -0.39 is 0 Å². The summed E-state index contributed by atoms with van der Waals surface area (Å²) in [5.74, 6) is 0.805. The Bertz CT molecular complexity index is 347. The quantitative estimate of drug-likeness (QED) is 0.851. The molecule has 4 nitrogen and oxygen atoms in total. The standard InChI is InChI=1S/C16H28N2O2/c19-15-7-2-1-5-13(15)14-6-3-9-17(14)11-12-18-10-4-8-16(18)20/h13-15,19H,1-12H2/t13-,14-,15+/m1/s1. The maximum atomic E-state index is 11.7. The third-order valence-corrected chi connectivity index (χ3v) is 5.52. The first kappa shape index (κ1) is 14.3. The molecule has 114 valence electrons. The van der Waals surface area contributed by atoms with Gasteiger partial charge in [-0.3, -0.25) is 9.69 Å². The highest BCUT2D eigenvalue weighted by Crippen LogP contribution is 2.34. The number of likely N-dealkylation sites (tertiary alicyclic amines) is 2. The molecule has 1 aliphatic carbocycles. The van der Waals surface area contributed by atoms with Crippen molar-refractivity contribution in [1.29, 1.82) is 0 Å². The van der Waals surface area contributed by atoms with Gasteiger partial charge in [0, 0.05) is 38.0 Å². The van der Waals surface area contributed by atoms with Gasteiger partial charge in [0.05, 0.1) is 6.10 Å². The van der Waals surface area contributed by atoms with Crippen molar-refractivity contribution in [2.75, 3.05) is 26.2 Å². The molecule has 0 aromatic heterocycles. The van der Waals surface area contributed by atoms with Gasteiger partial charge in [-0.15, -0.1) is 0 Å². The summed E-state index contributed by atoms with van der Waals surface area (Å²) < 4.78 is 0. The number of aliphatic hydroxyl groups is 1. The molecule has 3 aliphatic rings. The molecule has 1 amide bonds. The van der Waals surface area contributed by atoms with Crippen molar-refractivity contribution in [3.63, 3.8) is 0 Å². The topological polar surface area (TPSA) is 43.8 Å². The number of rotatable bonds is 4. The summed E-state index contributed by atoms with van der Waals surface area (Å²) in [6, 6.07) is 0.558. The third-order valence-electron chi connectivity index (χ3n) is 5.52. The maximum Gasteiger partial charge on any atom is 0.222 e. The van der Waals surface area contributed by atoms with Crippen molar-refractivity contribution in [2.24, 2.45) is 5.92 Å². The number of carbonyl (C=O) groups is 1. The van der Waals surface area contributed by atoms with Crippen LogP contribution >= 0.6 is 0 Å². The van der Waals surface area contributed by atoms with Gasteiger partial charge >= 0.3 is 0 Å². The number of aliphatic hydroxyl groups excluding tert-OH is 1. The monoisotopic (exact) mass is 280 g/mol. The molecule has 3 fully saturated rings. The largest absolute Gasteiger partial charge is 0.393 e. The summed E-state index contributed by atoms with van der Waals surface area (Å²) >= 11 is 0. The van der Waals surface area contributed by atoms with Crippen LogP contribution < -0.4 is 0 Å². The Balaban J connectivity index is 1.53. The van der Waals surface area contributed by atoms with Crippen molar-refractivity contribution >= 4 is 5.91 Å². The minimum atomic E-state index is -0.0947. The van der Waals surface area contributed by atoms with Crippen LogP contribution in [0.1, 0.15) is 51.4 Å². The molecule has 0 aromatic rings. The van der Waals surface area contributed by atoms with Gasteiger partial charge in [-0.25, -0.2) is 0 Å². The van der Waals surface area contributed by atoms with Gasteiger partial charge in [0.1, 0.15) is 0 Å². The van der Waals surface area contributed by atoms with Gasteiger partial charge in [-0.2, -0.15) is 0 Å². The second-order valence-corrected chi connectivity index (χ2v) is 6.75. The molecule has 0 radical (unpaired) electrons. The molecule has 0 unspecified atom stereocenters. The van der Waals surface area contributed by atoms with E-state index in [0.29, 0.717) is 17.9 Å². The third kappa shape index (κ3) is 3.01. The lowest BCUT2D eigenvalue weighted by Crippen LogP contribution is -2.45. The van der Waals surface area contributed by atoms with E-state index in [1.165, 1.54) is 32.1 Å². The summed E-state index contributed by atoms with van der Waals surface area (Å²) in [6.07, 6.45) is 8.79. The first-order valence-corrected chi connectivity index (χ1v) is 8.45.